The molecule has 182 valence electrons. The largest absolute Gasteiger partial charge is 0.495 e. The zero-order chi connectivity index (χ0) is 25.6. The fourth-order valence-electron chi connectivity index (χ4n) is 3.19. The Bertz CT molecular complexity index is 1350. The highest BCUT2D eigenvalue weighted by molar-refractivity contribution is 7.92. The summed E-state index contributed by atoms with van der Waals surface area (Å²) in [6.45, 7) is 3.10. The van der Waals surface area contributed by atoms with Crippen molar-refractivity contribution >= 4 is 33.8 Å². The average molecular weight is 496 g/mol. The smallest absolute Gasteiger partial charge is 0.335 e. The Labute approximate surface area is 203 Å². The van der Waals surface area contributed by atoms with E-state index in [9.17, 15) is 18.0 Å². The number of rotatable bonds is 9. The van der Waals surface area contributed by atoms with E-state index in [-0.39, 0.29) is 16.1 Å². The van der Waals surface area contributed by atoms with Gasteiger partial charge in [0.15, 0.2) is 0 Å². The Morgan fingerprint density at radius 1 is 1.00 bits per heavy atom. The number of carboxylic acids is 1. The van der Waals surface area contributed by atoms with Crippen LogP contribution in [-0.4, -0.2) is 45.3 Å². The molecule has 2 N–H and O–H groups in total. The number of amides is 1. The maximum atomic E-state index is 13.5. The van der Waals surface area contributed by atoms with E-state index in [1.54, 1.807) is 37.3 Å². The lowest BCUT2D eigenvalue weighted by Gasteiger charge is -2.25. The summed E-state index contributed by atoms with van der Waals surface area (Å²) >= 11 is 0. The number of benzene rings is 3. The normalized spacial score (nSPS) is 11.3. The van der Waals surface area contributed by atoms with Crippen LogP contribution < -0.4 is 14.5 Å². The van der Waals surface area contributed by atoms with Crippen molar-refractivity contribution in [1.82, 2.24) is 5.43 Å². The van der Waals surface area contributed by atoms with Gasteiger partial charge in [-0.2, -0.15) is 5.10 Å². The van der Waals surface area contributed by atoms with Crippen LogP contribution in [0.2, 0.25) is 0 Å². The predicted octanol–water partition coefficient (Wildman–Crippen LogP) is 3.36. The maximum absolute atomic E-state index is 13.5. The van der Waals surface area contributed by atoms with Gasteiger partial charge in [0.2, 0.25) is 0 Å². The van der Waals surface area contributed by atoms with Gasteiger partial charge in [0, 0.05) is 0 Å². The summed E-state index contributed by atoms with van der Waals surface area (Å²) in [7, 11) is -2.70. The van der Waals surface area contributed by atoms with Crippen molar-refractivity contribution < 1.29 is 27.9 Å². The average Bonchev–Trinajstić information content (AvgIpc) is 2.83. The van der Waals surface area contributed by atoms with Gasteiger partial charge in [-0.1, -0.05) is 35.9 Å². The molecule has 0 heterocycles. The molecule has 1 amide bonds. The monoisotopic (exact) mass is 495 g/mol. The van der Waals surface area contributed by atoms with Crippen LogP contribution >= 0.6 is 0 Å². The zero-order valence-electron chi connectivity index (χ0n) is 19.4. The molecule has 0 aliphatic heterocycles. The first kappa shape index (κ1) is 25.4. The Hall–Kier alpha value is -4.18. The molecule has 0 fully saturated rings. The fourth-order valence-corrected chi connectivity index (χ4v) is 4.61. The number of aryl methyl sites for hydroxylation is 2. The number of sulfonamides is 1. The number of anilines is 1. The number of hydrogen-bond acceptors (Lipinski definition) is 6. The second-order valence-corrected chi connectivity index (χ2v) is 9.58. The molecule has 0 radical (unpaired) electrons. The third-order valence-electron chi connectivity index (χ3n) is 5.06. The van der Waals surface area contributed by atoms with Gasteiger partial charge in [-0.15, -0.1) is 0 Å². The number of hydrazone groups is 1. The van der Waals surface area contributed by atoms with Crippen LogP contribution in [0.5, 0.6) is 5.75 Å². The number of aromatic carboxylic acids is 1. The molecule has 35 heavy (non-hydrogen) atoms. The van der Waals surface area contributed by atoms with E-state index in [4.69, 9.17) is 9.84 Å². The van der Waals surface area contributed by atoms with Crippen LogP contribution in [0.4, 0.5) is 5.69 Å². The number of carboxylic acid groups (broad SMARTS) is 1. The topological polar surface area (TPSA) is 125 Å². The van der Waals surface area contributed by atoms with Crippen LogP contribution in [0.15, 0.2) is 76.7 Å². The Morgan fingerprint density at radius 3 is 2.23 bits per heavy atom. The summed E-state index contributed by atoms with van der Waals surface area (Å²) in [6.07, 6.45) is 1.33. The molecule has 0 atom stereocenters. The van der Waals surface area contributed by atoms with E-state index in [0.29, 0.717) is 11.3 Å². The number of carbonyl (C=O) groups is 2. The highest BCUT2D eigenvalue weighted by Crippen LogP contribution is 2.33. The van der Waals surface area contributed by atoms with Gasteiger partial charge < -0.3 is 9.84 Å². The summed E-state index contributed by atoms with van der Waals surface area (Å²) in [5.74, 6) is -1.44. The first-order valence-electron chi connectivity index (χ1n) is 10.5. The number of nitrogens with one attached hydrogen (secondary N) is 1. The molecular weight excluding hydrogens is 470 g/mol. The van der Waals surface area contributed by atoms with Crippen LogP contribution in [0, 0.1) is 13.8 Å². The van der Waals surface area contributed by atoms with Gasteiger partial charge in [0.1, 0.15) is 12.3 Å². The van der Waals surface area contributed by atoms with Gasteiger partial charge in [0.05, 0.1) is 29.5 Å². The van der Waals surface area contributed by atoms with Crippen molar-refractivity contribution in [2.75, 3.05) is 18.0 Å². The molecule has 3 rings (SSSR count). The van der Waals surface area contributed by atoms with Gasteiger partial charge >= 0.3 is 5.97 Å². The Balaban J connectivity index is 1.88. The highest BCUT2D eigenvalue weighted by Gasteiger charge is 2.29. The van der Waals surface area contributed by atoms with Crippen LogP contribution in [0.3, 0.4) is 0 Å². The SMILES string of the molecule is COc1ccc(C)cc1N(CC(=O)N/N=C\c1ccc(C(=O)O)cc1)S(=O)(=O)c1ccc(C)cc1. The maximum Gasteiger partial charge on any atom is 0.335 e. The minimum atomic E-state index is -4.12. The van der Waals surface area contributed by atoms with E-state index in [1.807, 2.05) is 6.92 Å². The van der Waals surface area contributed by atoms with Gasteiger partial charge in [0.25, 0.3) is 15.9 Å². The Morgan fingerprint density at radius 2 is 1.63 bits per heavy atom. The summed E-state index contributed by atoms with van der Waals surface area (Å²) < 4.78 is 33.4. The van der Waals surface area contributed by atoms with E-state index in [2.05, 4.69) is 10.5 Å². The molecule has 9 nitrogen and oxygen atoms in total. The molecule has 3 aromatic carbocycles. The van der Waals surface area contributed by atoms with Crippen LogP contribution in [-0.2, 0) is 14.8 Å². The van der Waals surface area contributed by atoms with Crippen molar-refractivity contribution in [3.05, 3.63) is 89.0 Å². The first-order chi connectivity index (χ1) is 16.6. The van der Waals surface area contributed by atoms with Gasteiger partial charge in [-0.05, 0) is 61.4 Å². The quantitative estimate of drug-likeness (QED) is 0.346. The second-order valence-electron chi connectivity index (χ2n) is 7.72. The summed E-state index contributed by atoms with van der Waals surface area (Å²) in [5.41, 5.74) is 4.90. The molecule has 0 aliphatic rings. The third-order valence-corrected chi connectivity index (χ3v) is 6.83. The number of ether oxygens (including phenoxy) is 1. The molecular formula is C25H25N3O6S. The van der Waals surface area contributed by atoms with Crippen LogP contribution in [0.1, 0.15) is 27.0 Å². The molecule has 0 unspecified atom stereocenters. The lowest BCUT2D eigenvalue weighted by molar-refractivity contribution is -0.119. The molecule has 0 saturated heterocycles. The molecule has 10 heteroatoms. The van der Waals surface area contributed by atoms with Crippen molar-refractivity contribution in [3.63, 3.8) is 0 Å². The number of nitrogens with zero attached hydrogens (tertiary/aromatic N) is 2. The lowest BCUT2D eigenvalue weighted by Crippen LogP contribution is -2.39. The standard InChI is InChI=1S/C25H25N3O6S/c1-17-4-11-21(12-5-17)35(32,33)28(22-14-18(2)6-13-23(22)34-3)16-24(29)27-26-15-19-7-9-20(10-8-19)25(30)31/h4-15H,16H2,1-3H3,(H,27,29)(H,30,31)/b26-15-. The minimum Gasteiger partial charge on any atom is -0.495 e. The summed E-state index contributed by atoms with van der Waals surface area (Å²) in [4.78, 5) is 23.7. The Kier molecular flexibility index (Phi) is 7.87. The number of carbonyl (C=O) groups excluding carboxylic acids is 1. The van der Waals surface area contributed by atoms with Crippen molar-refractivity contribution in [2.24, 2.45) is 5.10 Å². The van der Waals surface area contributed by atoms with E-state index in [1.165, 1.54) is 49.7 Å². The van der Waals surface area contributed by atoms with Gasteiger partial charge in [-0.25, -0.2) is 18.6 Å². The van der Waals surface area contributed by atoms with E-state index < -0.39 is 28.4 Å². The molecule has 3 aromatic rings. The summed E-state index contributed by atoms with van der Waals surface area (Å²) in [6, 6.07) is 17.3. The fraction of sp³-hybridized carbons (Fsp3) is 0.160. The molecule has 0 bridgehead atoms. The number of hydrogen-bond donors (Lipinski definition) is 2. The first-order valence-corrected chi connectivity index (χ1v) is 11.9. The zero-order valence-corrected chi connectivity index (χ0v) is 20.2. The lowest BCUT2D eigenvalue weighted by atomic mass is 10.1. The van der Waals surface area contributed by atoms with Crippen LogP contribution in [0.25, 0.3) is 0 Å². The van der Waals surface area contributed by atoms with Crippen molar-refractivity contribution in [3.8, 4) is 5.75 Å². The molecule has 0 saturated carbocycles. The highest BCUT2D eigenvalue weighted by atomic mass is 32.2. The summed E-state index contributed by atoms with van der Waals surface area (Å²) in [5, 5.41) is 12.8. The molecule has 0 aromatic heterocycles. The number of methoxy groups -OCH3 is 1. The minimum absolute atomic E-state index is 0.0291. The second kappa shape index (κ2) is 10.8. The third kappa shape index (κ3) is 6.24. The van der Waals surface area contributed by atoms with E-state index >= 15 is 0 Å². The van der Waals surface area contributed by atoms with E-state index in [0.717, 1.165) is 15.4 Å². The van der Waals surface area contributed by atoms with Crippen molar-refractivity contribution in [2.45, 2.75) is 18.7 Å². The predicted molar refractivity (Wildman–Crippen MR) is 133 cm³/mol. The molecule has 0 aliphatic carbocycles. The van der Waals surface area contributed by atoms with Crippen molar-refractivity contribution in [1.29, 1.82) is 0 Å². The molecule has 0 spiro atoms. The van der Waals surface area contributed by atoms with Gasteiger partial charge in [-0.3, -0.25) is 9.10 Å².